The summed E-state index contributed by atoms with van der Waals surface area (Å²) in [6, 6.07) is 0.804. The first kappa shape index (κ1) is 17.1. The Labute approximate surface area is 136 Å². The molecule has 0 aromatic rings. The molecule has 1 saturated heterocycles. The van der Waals surface area contributed by atoms with Gasteiger partial charge in [0.25, 0.3) is 0 Å². The number of hydrogen-bond acceptors (Lipinski definition) is 2. The van der Waals surface area contributed by atoms with Crippen molar-refractivity contribution in [2.24, 2.45) is 16.8 Å². The number of hydrogen-bond donors (Lipinski definition) is 1. The molecule has 1 saturated carbocycles. The van der Waals surface area contributed by atoms with E-state index in [9.17, 15) is 0 Å². The normalized spacial score (nSPS) is 27.8. The lowest BCUT2D eigenvalue weighted by atomic mass is 9.79. The van der Waals surface area contributed by atoms with Crippen LogP contribution in [0, 0.1) is 24.2 Å². The maximum Gasteiger partial charge on any atom is 0.194 e. The Kier molecular flexibility index (Phi) is 6.57. The van der Waals surface area contributed by atoms with Gasteiger partial charge in [0, 0.05) is 39.3 Å². The first-order valence-electron chi connectivity index (χ1n) is 8.78. The van der Waals surface area contributed by atoms with Crippen LogP contribution in [0.1, 0.15) is 39.5 Å². The fourth-order valence-electron chi connectivity index (χ4n) is 3.89. The highest BCUT2D eigenvalue weighted by atomic mass is 15.3. The third kappa shape index (κ3) is 4.39. The van der Waals surface area contributed by atoms with Crippen molar-refractivity contribution in [3.05, 3.63) is 0 Å². The predicted molar refractivity (Wildman–Crippen MR) is 93.9 cm³/mol. The number of rotatable bonds is 3. The molecule has 2 fully saturated rings. The van der Waals surface area contributed by atoms with Crippen molar-refractivity contribution in [3.63, 3.8) is 0 Å². The van der Waals surface area contributed by atoms with Crippen molar-refractivity contribution in [3.8, 4) is 12.3 Å². The van der Waals surface area contributed by atoms with Crippen LogP contribution in [0.15, 0.2) is 4.99 Å². The Bertz CT molecular complexity index is 394. The third-order valence-electron chi connectivity index (χ3n) is 5.37. The molecular weight excluding hydrogens is 272 g/mol. The molecule has 4 heteroatoms. The van der Waals surface area contributed by atoms with E-state index in [0.29, 0.717) is 6.54 Å². The van der Waals surface area contributed by atoms with Crippen molar-refractivity contribution >= 4 is 5.96 Å². The monoisotopic (exact) mass is 304 g/mol. The van der Waals surface area contributed by atoms with Crippen LogP contribution in [0.5, 0.6) is 0 Å². The molecule has 0 amide bonds. The van der Waals surface area contributed by atoms with Crippen LogP contribution in [0.4, 0.5) is 0 Å². The van der Waals surface area contributed by atoms with Gasteiger partial charge in [0.15, 0.2) is 5.96 Å². The average Bonchev–Trinajstić information content (AvgIpc) is 2.56. The van der Waals surface area contributed by atoms with Gasteiger partial charge in [-0.1, -0.05) is 19.8 Å². The summed E-state index contributed by atoms with van der Waals surface area (Å²) >= 11 is 0. The second-order valence-electron chi connectivity index (χ2n) is 6.94. The van der Waals surface area contributed by atoms with Gasteiger partial charge in [0.2, 0.25) is 0 Å². The lowest BCUT2D eigenvalue weighted by Crippen LogP contribution is -2.55. The lowest BCUT2D eigenvalue weighted by molar-refractivity contribution is 0.0865. The Morgan fingerprint density at radius 1 is 1.18 bits per heavy atom. The zero-order chi connectivity index (χ0) is 15.9. The van der Waals surface area contributed by atoms with E-state index >= 15 is 0 Å². The number of piperazine rings is 1. The smallest absolute Gasteiger partial charge is 0.194 e. The molecule has 0 radical (unpaired) electrons. The molecule has 22 heavy (non-hydrogen) atoms. The predicted octanol–water partition coefficient (Wildman–Crippen LogP) is 2.03. The first-order chi connectivity index (χ1) is 10.7. The fraction of sp³-hybridized carbons (Fsp3) is 0.833. The van der Waals surface area contributed by atoms with Crippen LogP contribution < -0.4 is 5.32 Å². The molecule has 2 rings (SSSR count). The van der Waals surface area contributed by atoms with E-state index in [1.165, 1.54) is 25.7 Å². The Morgan fingerprint density at radius 3 is 2.32 bits per heavy atom. The van der Waals surface area contributed by atoms with Crippen LogP contribution in [-0.2, 0) is 0 Å². The van der Waals surface area contributed by atoms with Gasteiger partial charge < -0.3 is 10.2 Å². The van der Waals surface area contributed by atoms with Gasteiger partial charge in [-0.15, -0.1) is 6.42 Å². The van der Waals surface area contributed by atoms with Crippen LogP contribution in [0.25, 0.3) is 0 Å². The van der Waals surface area contributed by atoms with Crippen molar-refractivity contribution < 1.29 is 0 Å². The molecule has 4 nitrogen and oxygen atoms in total. The first-order valence-corrected chi connectivity index (χ1v) is 8.78. The third-order valence-corrected chi connectivity index (χ3v) is 5.37. The molecule has 1 aliphatic heterocycles. The highest BCUT2D eigenvalue weighted by Crippen LogP contribution is 2.32. The van der Waals surface area contributed by atoms with Gasteiger partial charge in [-0.2, -0.15) is 0 Å². The topological polar surface area (TPSA) is 30.9 Å². The summed E-state index contributed by atoms with van der Waals surface area (Å²) in [7, 11) is 1.83. The van der Waals surface area contributed by atoms with Gasteiger partial charge in [-0.25, -0.2) is 0 Å². The molecule has 1 aliphatic carbocycles. The van der Waals surface area contributed by atoms with E-state index in [4.69, 9.17) is 6.42 Å². The molecule has 0 aromatic heterocycles. The standard InChI is InChI=1S/C18H32N4/c1-5-10-20-18(19-4)22-13-11-21(12-14-22)17-8-6-16(7-9-17)15(2)3/h1,15-17H,6-14H2,2-4H3,(H,19,20). The molecule has 0 atom stereocenters. The van der Waals surface area contributed by atoms with Crippen molar-refractivity contribution in [1.82, 2.24) is 15.1 Å². The summed E-state index contributed by atoms with van der Waals surface area (Å²) < 4.78 is 0. The van der Waals surface area contributed by atoms with Gasteiger partial charge >= 0.3 is 0 Å². The summed E-state index contributed by atoms with van der Waals surface area (Å²) in [5.74, 6) is 5.36. The van der Waals surface area contributed by atoms with Gasteiger partial charge in [-0.3, -0.25) is 9.89 Å². The lowest BCUT2D eigenvalue weighted by Gasteiger charge is -2.43. The molecule has 124 valence electrons. The summed E-state index contributed by atoms with van der Waals surface area (Å²) in [4.78, 5) is 9.36. The molecular formula is C18H32N4. The van der Waals surface area contributed by atoms with Crippen molar-refractivity contribution in [2.45, 2.75) is 45.6 Å². The summed E-state index contributed by atoms with van der Waals surface area (Å²) in [5.41, 5.74) is 0. The number of guanidine groups is 1. The van der Waals surface area contributed by atoms with Crippen molar-refractivity contribution in [2.75, 3.05) is 39.8 Å². The zero-order valence-electron chi connectivity index (χ0n) is 14.5. The molecule has 0 spiro atoms. The van der Waals surface area contributed by atoms with Gasteiger partial charge in [-0.05, 0) is 37.5 Å². The molecule has 0 bridgehead atoms. The maximum atomic E-state index is 5.32. The highest BCUT2D eigenvalue weighted by molar-refractivity contribution is 5.80. The van der Waals surface area contributed by atoms with Gasteiger partial charge in [0.1, 0.15) is 0 Å². The average molecular weight is 304 g/mol. The Hall–Kier alpha value is -1.21. The van der Waals surface area contributed by atoms with E-state index in [1.54, 1.807) is 0 Å². The number of terminal acetylenes is 1. The van der Waals surface area contributed by atoms with Crippen LogP contribution >= 0.6 is 0 Å². The van der Waals surface area contributed by atoms with E-state index in [0.717, 1.165) is 50.0 Å². The molecule has 1 heterocycles. The van der Waals surface area contributed by atoms with E-state index < -0.39 is 0 Å². The Balaban J connectivity index is 1.77. The molecule has 0 aromatic carbocycles. The number of nitrogens with one attached hydrogen (secondary N) is 1. The minimum atomic E-state index is 0.548. The Morgan fingerprint density at radius 2 is 1.82 bits per heavy atom. The maximum absolute atomic E-state index is 5.32. The summed E-state index contributed by atoms with van der Waals surface area (Å²) in [6.07, 6.45) is 10.9. The SMILES string of the molecule is C#CCNC(=NC)N1CCN(C2CCC(C(C)C)CC2)CC1. The van der Waals surface area contributed by atoms with Gasteiger partial charge in [0.05, 0.1) is 6.54 Å². The minimum absolute atomic E-state index is 0.548. The molecule has 0 unspecified atom stereocenters. The molecule has 1 N–H and O–H groups in total. The minimum Gasteiger partial charge on any atom is -0.345 e. The fourth-order valence-corrected chi connectivity index (χ4v) is 3.89. The van der Waals surface area contributed by atoms with Crippen LogP contribution in [0.3, 0.4) is 0 Å². The second-order valence-corrected chi connectivity index (χ2v) is 6.94. The zero-order valence-corrected chi connectivity index (χ0v) is 14.5. The quantitative estimate of drug-likeness (QED) is 0.492. The largest absolute Gasteiger partial charge is 0.345 e. The van der Waals surface area contributed by atoms with E-state index in [-0.39, 0.29) is 0 Å². The van der Waals surface area contributed by atoms with Crippen molar-refractivity contribution in [1.29, 1.82) is 0 Å². The number of aliphatic imine (C=N–C) groups is 1. The van der Waals surface area contributed by atoms with Crippen LogP contribution in [0.2, 0.25) is 0 Å². The molecule has 2 aliphatic rings. The van der Waals surface area contributed by atoms with Crippen LogP contribution in [-0.4, -0.2) is 61.6 Å². The number of nitrogens with zero attached hydrogens (tertiary/aromatic N) is 3. The van der Waals surface area contributed by atoms with E-state index in [2.05, 4.69) is 39.9 Å². The highest BCUT2D eigenvalue weighted by Gasteiger charge is 2.29. The summed E-state index contributed by atoms with van der Waals surface area (Å²) in [6.45, 7) is 9.69. The second kappa shape index (κ2) is 8.43. The summed E-state index contributed by atoms with van der Waals surface area (Å²) in [5, 5.41) is 3.22. The van der Waals surface area contributed by atoms with E-state index in [1.807, 2.05) is 7.05 Å².